The first kappa shape index (κ1) is 14.3. The molecule has 1 fully saturated rings. The Hall–Kier alpha value is -1.13. The van der Waals surface area contributed by atoms with Gasteiger partial charge in [-0.3, -0.25) is 0 Å². The lowest BCUT2D eigenvalue weighted by Gasteiger charge is -2.33. The fourth-order valence-electron chi connectivity index (χ4n) is 2.36. The number of rotatable bonds is 6. The zero-order chi connectivity index (χ0) is 13.5. The van der Waals surface area contributed by atoms with Crippen molar-refractivity contribution in [3.63, 3.8) is 0 Å². The van der Waals surface area contributed by atoms with Gasteiger partial charge in [-0.1, -0.05) is 19.1 Å². The number of hydrogen-bond donors (Lipinski definition) is 0. The maximum absolute atomic E-state index is 13.3. The minimum Gasteiger partial charge on any atom is -0.490 e. The van der Waals surface area contributed by atoms with Crippen molar-refractivity contribution in [2.24, 2.45) is 0 Å². The number of benzene rings is 1. The molecular formula is C15H23FN2O. The third kappa shape index (κ3) is 4.48. The Bertz CT molecular complexity index is 378. The van der Waals surface area contributed by atoms with Crippen LogP contribution in [0.15, 0.2) is 24.3 Å². The zero-order valence-electron chi connectivity index (χ0n) is 11.6. The molecule has 1 aliphatic rings. The highest BCUT2D eigenvalue weighted by molar-refractivity contribution is 5.23. The predicted octanol–water partition coefficient (Wildman–Crippen LogP) is 2.23. The lowest BCUT2D eigenvalue weighted by molar-refractivity contribution is 0.130. The van der Waals surface area contributed by atoms with E-state index in [1.807, 2.05) is 0 Å². The van der Waals surface area contributed by atoms with Gasteiger partial charge in [0.25, 0.3) is 0 Å². The van der Waals surface area contributed by atoms with Crippen molar-refractivity contribution in [2.45, 2.75) is 13.3 Å². The SMILES string of the molecule is CCN1CCN(CCCOc2ccccc2F)CC1. The van der Waals surface area contributed by atoms with Crippen molar-refractivity contribution in [2.75, 3.05) is 45.9 Å². The predicted molar refractivity (Wildman–Crippen MR) is 75.1 cm³/mol. The fraction of sp³-hybridized carbons (Fsp3) is 0.600. The number of para-hydroxylation sites is 1. The molecule has 1 aromatic rings. The van der Waals surface area contributed by atoms with Crippen molar-refractivity contribution < 1.29 is 9.13 Å². The van der Waals surface area contributed by atoms with E-state index in [-0.39, 0.29) is 5.82 Å². The van der Waals surface area contributed by atoms with E-state index < -0.39 is 0 Å². The average molecular weight is 266 g/mol. The maximum Gasteiger partial charge on any atom is 0.165 e. The first-order valence-corrected chi connectivity index (χ1v) is 7.11. The number of halogens is 1. The molecule has 106 valence electrons. The van der Waals surface area contributed by atoms with Gasteiger partial charge in [0.15, 0.2) is 11.6 Å². The van der Waals surface area contributed by atoms with Crippen LogP contribution >= 0.6 is 0 Å². The van der Waals surface area contributed by atoms with Crippen molar-refractivity contribution >= 4 is 0 Å². The molecular weight excluding hydrogens is 243 g/mol. The Morgan fingerprint density at radius 1 is 1.11 bits per heavy atom. The highest BCUT2D eigenvalue weighted by Gasteiger charge is 2.14. The van der Waals surface area contributed by atoms with E-state index in [2.05, 4.69) is 16.7 Å². The lowest BCUT2D eigenvalue weighted by atomic mass is 10.3. The second kappa shape index (κ2) is 7.46. The molecule has 0 bridgehead atoms. The minimum atomic E-state index is -0.279. The number of likely N-dealkylation sites (N-methyl/N-ethyl adjacent to an activating group) is 1. The lowest BCUT2D eigenvalue weighted by Crippen LogP contribution is -2.46. The summed E-state index contributed by atoms with van der Waals surface area (Å²) in [5.74, 6) is 0.0809. The summed E-state index contributed by atoms with van der Waals surface area (Å²) in [6.07, 6.45) is 0.945. The molecule has 0 radical (unpaired) electrons. The van der Waals surface area contributed by atoms with Gasteiger partial charge in [0, 0.05) is 32.7 Å². The van der Waals surface area contributed by atoms with Crippen LogP contribution in [-0.2, 0) is 0 Å². The molecule has 0 aliphatic carbocycles. The minimum absolute atomic E-state index is 0.279. The first-order chi connectivity index (χ1) is 9.29. The molecule has 1 aromatic carbocycles. The Morgan fingerprint density at radius 2 is 1.79 bits per heavy atom. The molecule has 0 atom stereocenters. The third-order valence-electron chi connectivity index (χ3n) is 3.63. The van der Waals surface area contributed by atoms with Gasteiger partial charge in [-0.25, -0.2) is 4.39 Å². The Kier molecular flexibility index (Phi) is 5.61. The summed E-state index contributed by atoms with van der Waals surface area (Å²) in [6.45, 7) is 9.54. The maximum atomic E-state index is 13.3. The van der Waals surface area contributed by atoms with E-state index in [0.717, 1.165) is 45.7 Å². The Balaban J connectivity index is 1.61. The third-order valence-corrected chi connectivity index (χ3v) is 3.63. The summed E-state index contributed by atoms with van der Waals surface area (Å²) in [4.78, 5) is 4.92. The van der Waals surface area contributed by atoms with E-state index in [0.29, 0.717) is 12.4 Å². The molecule has 2 rings (SSSR count). The molecule has 4 heteroatoms. The normalized spacial score (nSPS) is 17.6. The van der Waals surface area contributed by atoms with Gasteiger partial charge in [-0.2, -0.15) is 0 Å². The van der Waals surface area contributed by atoms with Gasteiger partial charge >= 0.3 is 0 Å². The van der Waals surface area contributed by atoms with E-state index >= 15 is 0 Å². The highest BCUT2D eigenvalue weighted by Crippen LogP contribution is 2.15. The standard InChI is InChI=1S/C15H23FN2O/c1-2-17-9-11-18(12-10-17)8-5-13-19-15-7-4-3-6-14(15)16/h3-4,6-7H,2,5,8-13H2,1H3. The van der Waals surface area contributed by atoms with Gasteiger partial charge < -0.3 is 14.5 Å². The number of piperazine rings is 1. The molecule has 0 N–H and O–H groups in total. The van der Waals surface area contributed by atoms with Gasteiger partial charge in [-0.15, -0.1) is 0 Å². The second-order valence-electron chi connectivity index (χ2n) is 4.91. The number of hydrogen-bond acceptors (Lipinski definition) is 3. The summed E-state index contributed by atoms with van der Waals surface area (Å²) < 4.78 is 18.8. The first-order valence-electron chi connectivity index (χ1n) is 7.11. The van der Waals surface area contributed by atoms with E-state index in [1.165, 1.54) is 6.07 Å². The second-order valence-corrected chi connectivity index (χ2v) is 4.91. The largest absolute Gasteiger partial charge is 0.490 e. The van der Waals surface area contributed by atoms with Crippen molar-refractivity contribution in [1.82, 2.24) is 9.80 Å². The Morgan fingerprint density at radius 3 is 2.47 bits per heavy atom. The van der Waals surface area contributed by atoms with Crippen LogP contribution in [0.4, 0.5) is 4.39 Å². The highest BCUT2D eigenvalue weighted by atomic mass is 19.1. The molecule has 0 saturated carbocycles. The summed E-state index contributed by atoms with van der Waals surface area (Å²) in [5.41, 5.74) is 0. The molecule has 0 aromatic heterocycles. The van der Waals surface area contributed by atoms with Crippen LogP contribution in [0, 0.1) is 5.82 Å². The quantitative estimate of drug-likeness (QED) is 0.734. The molecule has 3 nitrogen and oxygen atoms in total. The Labute approximate surface area is 115 Å². The van der Waals surface area contributed by atoms with Crippen LogP contribution in [0.1, 0.15) is 13.3 Å². The molecule has 0 unspecified atom stereocenters. The molecule has 1 aliphatic heterocycles. The summed E-state index contributed by atoms with van der Waals surface area (Å²) in [6, 6.07) is 6.58. The molecule has 0 spiro atoms. The number of ether oxygens (including phenoxy) is 1. The fourth-order valence-corrected chi connectivity index (χ4v) is 2.36. The summed E-state index contributed by atoms with van der Waals surface area (Å²) in [7, 11) is 0. The van der Waals surface area contributed by atoms with E-state index in [4.69, 9.17) is 4.74 Å². The van der Waals surface area contributed by atoms with Crippen LogP contribution in [0.3, 0.4) is 0 Å². The topological polar surface area (TPSA) is 15.7 Å². The van der Waals surface area contributed by atoms with Crippen molar-refractivity contribution in [3.05, 3.63) is 30.1 Å². The summed E-state index contributed by atoms with van der Waals surface area (Å²) in [5, 5.41) is 0. The van der Waals surface area contributed by atoms with Crippen molar-refractivity contribution in [1.29, 1.82) is 0 Å². The van der Waals surface area contributed by atoms with Gasteiger partial charge in [0.05, 0.1) is 6.61 Å². The van der Waals surface area contributed by atoms with Gasteiger partial charge in [-0.05, 0) is 25.1 Å². The van der Waals surface area contributed by atoms with E-state index in [9.17, 15) is 4.39 Å². The van der Waals surface area contributed by atoms with Crippen LogP contribution < -0.4 is 4.74 Å². The summed E-state index contributed by atoms with van der Waals surface area (Å²) >= 11 is 0. The van der Waals surface area contributed by atoms with Crippen LogP contribution in [0.2, 0.25) is 0 Å². The zero-order valence-corrected chi connectivity index (χ0v) is 11.6. The number of nitrogens with zero attached hydrogens (tertiary/aromatic N) is 2. The van der Waals surface area contributed by atoms with E-state index in [1.54, 1.807) is 18.2 Å². The average Bonchev–Trinajstić information content (AvgIpc) is 2.46. The molecule has 1 saturated heterocycles. The molecule has 19 heavy (non-hydrogen) atoms. The van der Waals surface area contributed by atoms with Crippen molar-refractivity contribution in [3.8, 4) is 5.75 Å². The van der Waals surface area contributed by atoms with Gasteiger partial charge in [0.1, 0.15) is 0 Å². The molecule has 1 heterocycles. The van der Waals surface area contributed by atoms with Gasteiger partial charge in [0.2, 0.25) is 0 Å². The monoisotopic (exact) mass is 266 g/mol. The van der Waals surface area contributed by atoms with Crippen LogP contribution in [0.5, 0.6) is 5.75 Å². The smallest absolute Gasteiger partial charge is 0.165 e. The van der Waals surface area contributed by atoms with Crippen LogP contribution in [0.25, 0.3) is 0 Å². The molecule has 0 amide bonds. The van der Waals surface area contributed by atoms with Crippen LogP contribution in [-0.4, -0.2) is 55.7 Å².